The van der Waals surface area contributed by atoms with Crippen molar-refractivity contribution < 1.29 is 9.84 Å². The fourth-order valence-corrected chi connectivity index (χ4v) is 3.04. The Morgan fingerprint density at radius 2 is 2.04 bits per heavy atom. The molecule has 0 spiro atoms. The van der Waals surface area contributed by atoms with Gasteiger partial charge in [-0.3, -0.25) is 5.10 Å². The minimum Gasteiger partial charge on any atom is -0.389 e. The van der Waals surface area contributed by atoms with Crippen molar-refractivity contribution in [2.24, 2.45) is 0 Å². The van der Waals surface area contributed by atoms with Gasteiger partial charge in [0.25, 0.3) is 0 Å². The zero-order chi connectivity index (χ0) is 16.5. The lowest BCUT2D eigenvalue weighted by atomic mass is 10.0. The molecule has 1 aromatic carbocycles. The highest BCUT2D eigenvalue weighted by Crippen LogP contribution is 2.30. The summed E-state index contributed by atoms with van der Waals surface area (Å²) in [5, 5.41) is 18.4. The number of hydrogen-bond acceptors (Lipinski definition) is 5. The van der Waals surface area contributed by atoms with Crippen molar-refractivity contribution in [1.29, 1.82) is 0 Å². The maximum Gasteiger partial charge on any atom is 0.129 e. The molecule has 0 bridgehead atoms. The van der Waals surface area contributed by atoms with E-state index in [1.807, 2.05) is 30.5 Å². The number of aromatic nitrogens is 3. The number of hydrogen-bond donors (Lipinski definition) is 2. The lowest BCUT2D eigenvalue weighted by molar-refractivity contribution is 0.122. The number of pyridine rings is 1. The topological polar surface area (TPSA) is 74.3 Å². The van der Waals surface area contributed by atoms with E-state index in [0.717, 1.165) is 59.8 Å². The summed E-state index contributed by atoms with van der Waals surface area (Å²) in [7, 11) is 0. The van der Waals surface area contributed by atoms with Gasteiger partial charge in [0, 0.05) is 30.2 Å². The van der Waals surface area contributed by atoms with E-state index in [4.69, 9.17) is 4.74 Å². The molecular weight excluding hydrogens is 304 g/mol. The van der Waals surface area contributed by atoms with E-state index in [1.165, 1.54) is 0 Å². The van der Waals surface area contributed by atoms with E-state index in [1.54, 1.807) is 6.92 Å². The lowest BCUT2D eigenvalue weighted by Crippen LogP contribution is -2.36. The van der Waals surface area contributed by atoms with Crippen LogP contribution in [0.1, 0.15) is 18.6 Å². The highest BCUT2D eigenvalue weighted by atomic mass is 16.5. The first-order valence-electron chi connectivity index (χ1n) is 8.17. The average Bonchev–Trinajstić information content (AvgIpc) is 3.05. The quantitative estimate of drug-likeness (QED) is 0.774. The molecule has 0 amide bonds. The third kappa shape index (κ3) is 2.74. The van der Waals surface area contributed by atoms with E-state index in [-0.39, 0.29) is 0 Å². The Labute approximate surface area is 140 Å². The molecule has 4 rings (SSSR count). The molecule has 124 valence electrons. The van der Waals surface area contributed by atoms with Crippen molar-refractivity contribution in [3.8, 4) is 11.3 Å². The Bertz CT molecular complexity index is 853. The fourth-order valence-electron chi connectivity index (χ4n) is 3.04. The molecular formula is C18H20N4O2. The third-order valence-electron chi connectivity index (χ3n) is 4.42. The van der Waals surface area contributed by atoms with Crippen LogP contribution in [0.25, 0.3) is 22.2 Å². The summed E-state index contributed by atoms with van der Waals surface area (Å²) >= 11 is 0. The van der Waals surface area contributed by atoms with Gasteiger partial charge < -0.3 is 14.7 Å². The van der Waals surface area contributed by atoms with Crippen LogP contribution < -0.4 is 4.90 Å². The lowest BCUT2D eigenvalue weighted by Gasteiger charge is -2.27. The summed E-state index contributed by atoms with van der Waals surface area (Å²) in [6.45, 7) is 4.93. The Hall–Kier alpha value is -2.44. The number of aliphatic hydroxyl groups excluding tert-OH is 1. The monoisotopic (exact) mass is 324 g/mol. The van der Waals surface area contributed by atoms with Crippen LogP contribution in [0, 0.1) is 0 Å². The highest BCUT2D eigenvalue weighted by molar-refractivity contribution is 5.93. The summed E-state index contributed by atoms with van der Waals surface area (Å²) in [5.74, 6) is 0.943. The van der Waals surface area contributed by atoms with Crippen molar-refractivity contribution in [1.82, 2.24) is 15.2 Å². The Kier molecular flexibility index (Phi) is 3.92. The maximum absolute atomic E-state index is 9.84. The van der Waals surface area contributed by atoms with E-state index in [9.17, 15) is 5.11 Å². The molecule has 3 heterocycles. The molecule has 6 nitrogen and oxygen atoms in total. The SMILES string of the molecule is CC(O)c1ccc2[nH]nc(-c3ccnc(N4CCOCC4)c3)c2c1. The molecule has 1 aliphatic rings. The summed E-state index contributed by atoms with van der Waals surface area (Å²) < 4.78 is 5.41. The predicted octanol–water partition coefficient (Wildman–Crippen LogP) is 2.51. The Morgan fingerprint density at radius 3 is 2.83 bits per heavy atom. The van der Waals surface area contributed by atoms with E-state index >= 15 is 0 Å². The van der Waals surface area contributed by atoms with Crippen LogP contribution in [0.15, 0.2) is 36.5 Å². The maximum atomic E-state index is 9.84. The zero-order valence-electron chi connectivity index (χ0n) is 13.6. The molecule has 3 aromatic rings. The van der Waals surface area contributed by atoms with Crippen LogP contribution in [0.2, 0.25) is 0 Å². The summed E-state index contributed by atoms with van der Waals surface area (Å²) in [6, 6.07) is 9.90. The number of aliphatic hydroxyl groups is 1. The number of nitrogens with one attached hydrogen (secondary N) is 1. The number of nitrogens with zero attached hydrogens (tertiary/aromatic N) is 3. The number of fused-ring (bicyclic) bond motifs is 1. The van der Waals surface area contributed by atoms with E-state index in [2.05, 4.69) is 26.1 Å². The highest BCUT2D eigenvalue weighted by Gasteiger charge is 2.15. The van der Waals surface area contributed by atoms with Crippen molar-refractivity contribution in [2.75, 3.05) is 31.2 Å². The van der Waals surface area contributed by atoms with Crippen LogP contribution >= 0.6 is 0 Å². The molecule has 1 atom stereocenters. The fraction of sp³-hybridized carbons (Fsp3) is 0.333. The molecule has 0 aliphatic carbocycles. The van der Waals surface area contributed by atoms with Gasteiger partial charge in [0.1, 0.15) is 11.5 Å². The van der Waals surface area contributed by atoms with Gasteiger partial charge in [0.15, 0.2) is 0 Å². The molecule has 0 radical (unpaired) electrons. The van der Waals surface area contributed by atoms with Crippen LogP contribution in [0.5, 0.6) is 0 Å². The van der Waals surface area contributed by atoms with Crippen molar-refractivity contribution >= 4 is 16.7 Å². The summed E-state index contributed by atoms with van der Waals surface area (Å²) in [4.78, 5) is 6.72. The van der Waals surface area contributed by atoms with Gasteiger partial charge in [0.05, 0.1) is 24.8 Å². The van der Waals surface area contributed by atoms with Gasteiger partial charge >= 0.3 is 0 Å². The van der Waals surface area contributed by atoms with Crippen molar-refractivity contribution in [3.63, 3.8) is 0 Å². The number of anilines is 1. The summed E-state index contributed by atoms with van der Waals surface area (Å²) in [6.07, 6.45) is 1.32. The van der Waals surface area contributed by atoms with Gasteiger partial charge in [-0.25, -0.2) is 4.98 Å². The van der Waals surface area contributed by atoms with E-state index in [0.29, 0.717) is 0 Å². The second-order valence-electron chi connectivity index (χ2n) is 6.06. The standard InChI is InChI=1S/C18H20N4O2/c1-12(23)13-2-3-16-15(10-13)18(21-20-16)14-4-5-19-17(11-14)22-6-8-24-9-7-22/h2-5,10-12,23H,6-9H2,1H3,(H,20,21). The third-order valence-corrected chi connectivity index (χ3v) is 4.42. The minimum atomic E-state index is -0.501. The molecule has 6 heteroatoms. The Morgan fingerprint density at radius 1 is 1.21 bits per heavy atom. The molecule has 2 aromatic heterocycles. The molecule has 1 aliphatic heterocycles. The van der Waals surface area contributed by atoms with Crippen LogP contribution in [-0.4, -0.2) is 46.6 Å². The predicted molar refractivity (Wildman–Crippen MR) is 93.0 cm³/mol. The number of ether oxygens (including phenoxy) is 1. The van der Waals surface area contributed by atoms with Crippen LogP contribution in [-0.2, 0) is 4.74 Å². The molecule has 1 unspecified atom stereocenters. The molecule has 2 N–H and O–H groups in total. The molecule has 1 saturated heterocycles. The summed E-state index contributed by atoms with van der Waals surface area (Å²) in [5.41, 5.74) is 3.73. The van der Waals surface area contributed by atoms with Gasteiger partial charge in [-0.1, -0.05) is 6.07 Å². The average molecular weight is 324 g/mol. The number of benzene rings is 1. The zero-order valence-corrected chi connectivity index (χ0v) is 13.6. The number of aromatic amines is 1. The Balaban J connectivity index is 1.75. The first-order chi connectivity index (χ1) is 11.7. The second-order valence-corrected chi connectivity index (χ2v) is 6.06. The second kappa shape index (κ2) is 6.22. The molecule has 24 heavy (non-hydrogen) atoms. The van der Waals surface area contributed by atoms with Crippen molar-refractivity contribution in [2.45, 2.75) is 13.0 Å². The van der Waals surface area contributed by atoms with Crippen LogP contribution in [0.3, 0.4) is 0 Å². The minimum absolute atomic E-state index is 0.501. The molecule has 0 saturated carbocycles. The van der Waals surface area contributed by atoms with Gasteiger partial charge in [0.2, 0.25) is 0 Å². The number of rotatable bonds is 3. The van der Waals surface area contributed by atoms with Gasteiger partial charge in [-0.05, 0) is 36.8 Å². The van der Waals surface area contributed by atoms with Gasteiger partial charge in [-0.15, -0.1) is 0 Å². The van der Waals surface area contributed by atoms with Crippen molar-refractivity contribution in [3.05, 3.63) is 42.1 Å². The largest absolute Gasteiger partial charge is 0.389 e. The van der Waals surface area contributed by atoms with Crippen LogP contribution in [0.4, 0.5) is 5.82 Å². The smallest absolute Gasteiger partial charge is 0.129 e. The first-order valence-corrected chi connectivity index (χ1v) is 8.17. The number of H-pyrrole nitrogens is 1. The van der Waals surface area contributed by atoms with Gasteiger partial charge in [-0.2, -0.15) is 5.10 Å². The number of morpholine rings is 1. The first kappa shape index (κ1) is 15.1. The van der Waals surface area contributed by atoms with E-state index < -0.39 is 6.10 Å². The normalized spacial score (nSPS) is 16.5. The molecule has 1 fully saturated rings.